The maximum atomic E-state index is 13.3. The predicted molar refractivity (Wildman–Crippen MR) is 138 cm³/mol. The number of nitrogens with one attached hydrogen (secondary N) is 2. The van der Waals surface area contributed by atoms with Crippen LogP contribution in [0.5, 0.6) is 5.75 Å². The number of thiocarbonyl (C=S) groups is 1. The van der Waals surface area contributed by atoms with Crippen molar-refractivity contribution < 1.29 is 9.53 Å². The van der Waals surface area contributed by atoms with Crippen molar-refractivity contribution in [3.05, 3.63) is 59.7 Å². The normalized spacial score (nSPS) is 23.3. The van der Waals surface area contributed by atoms with Crippen LogP contribution in [0, 0.1) is 0 Å². The van der Waals surface area contributed by atoms with Crippen molar-refractivity contribution >= 4 is 28.9 Å². The van der Waals surface area contributed by atoms with E-state index in [2.05, 4.69) is 75.9 Å². The lowest BCUT2D eigenvalue weighted by Gasteiger charge is -2.36. The van der Waals surface area contributed by atoms with Crippen LogP contribution in [0.1, 0.15) is 24.5 Å². The molecule has 2 fully saturated rings. The summed E-state index contributed by atoms with van der Waals surface area (Å²) in [6.45, 7) is 8.75. The Morgan fingerprint density at radius 2 is 1.85 bits per heavy atom. The molecule has 2 saturated heterocycles. The Morgan fingerprint density at radius 3 is 2.62 bits per heavy atom. The minimum Gasteiger partial charge on any atom is -0.491 e. The fourth-order valence-electron chi connectivity index (χ4n) is 5.07. The zero-order chi connectivity index (χ0) is 23.5. The van der Waals surface area contributed by atoms with Crippen molar-refractivity contribution in [2.45, 2.75) is 38.5 Å². The molecule has 2 atom stereocenters. The lowest BCUT2D eigenvalue weighted by atomic mass is 10.0. The van der Waals surface area contributed by atoms with E-state index in [1.807, 2.05) is 4.90 Å². The first kappa shape index (κ1) is 22.9. The molecule has 0 aromatic heterocycles. The Hall–Kier alpha value is -2.84. The van der Waals surface area contributed by atoms with E-state index in [1.165, 1.54) is 11.3 Å². The van der Waals surface area contributed by atoms with E-state index in [4.69, 9.17) is 17.0 Å². The Balaban J connectivity index is 1.22. The third-order valence-electron chi connectivity index (χ3n) is 6.89. The summed E-state index contributed by atoms with van der Waals surface area (Å²) in [5.41, 5.74) is 3.64. The molecular weight excluding hydrogens is 446 g/mol. The molecule has 3 aliphatic heterocycles. The van der Waals surface area contributed by atoms with E-state index in [0.717, 1.165) is 50.5 Å². The summed E-state index contributed by atoms with van der Waals surface area (Å²) in [6, 6.07) is 17.0. The van der Waals surface area contributed by atoms with Crippen LogP contribution in [0.3, 0.4) is 0 Å². The molecule has 2 aromatic rings. The van der Waals surface area contributed by atoms with Crippen LogP contribution in [0.4, 0.5) is 5.69 Å². The molecule has 180 valence electrons. The molecule has 2 N–H and O–H groups in total. The predicted octanol–water partition coefficient (Wildman–Crippen LogP) is 2.35. The van der Waals surface area contributed by atoms with Gasteiger partial charge in [0, 0.05) is 56.6 Å². The third kappa shape index (κ3) is 5.28. The second kappa shape index (κ2) is 10.2. The number of amides is 1. The van der Waals surface area contributed by atoms with Crippen molar-refractivity contribution in [2.24, 2.45) is 0 Å². The molecule has 5 rings (SSSR count). The third-order valence-corrected chi connectivity index (χ3v) is 7.12. The molecule has 8 heteroatoms. The van der Waals surface area contributed by atoms with Crippen molar-refractivity contribution in [1.29, 1.82) is 0 Å². The summed E-state index contributed by atoms with van der Waals surface area (Å²) in [5, 5.41) is 6.87. The molecule has 0 aliphatic carbocycles. The average Bonchev–Trinajstić information content (AvgIpc) is 3.06. The van der Waals surface area contributed by atoms with Gasteiger partial charge in [0.2, 0.25) is 5.91 Å². The van der Waals surface area contributed by atoms with Gasteiger partial charge in [0.25, 0.3) is 0 Å². The Kier molecular flexibility index (Phi) is 6.87. The van der Waals surface area contributed by atoms with E-state index in [1.54, 1.807) is 0 Å². The molecule has 0 radical (unpaired) electrons. The van der Waals surface area contributed by atoms with Crippen LogP contribution >= 0.6 is 12.2 Å². The molecular formula is C26H33N5O2S. The van der Waals surface area contributed by atoms with Crippen molar-refractivity contribution in [3.63, 3.8) is 0 Å². The second-order valence-electron chi connectivity index (χ2n) is 9.46. The molecule has 3 heterocycles. The number of para-hydroxylation sites is 1. The number of rotatable bonds is 4. The van der Waals surface area contributed by atoms with E-state index in [0.29, 0.717) is 24.8 Å². The largest absolute Gasteiger partial charge is 0.491 e. The molecule has 0 spiro atoms. The van der Waals surface area contributed by atoms with Gasteiger partial charge in [0.1, 0.15) is 18.4 Å². The van der Waals surface area contributed by atoms with Gasteiger partial charge in [-0.1, -0.05) is 24.3 Å². The van der Waals surface area contributed by atoms with E-state index < -0.39 is 0 Å². The topological polar surface area (TPSA) is 60.1 Å². The Bertz CT molecular complexity index is 1030. The van der Waals surface area contributed by atoms with Gasteiger partial charge < -0.3 is 25.2 Å². The smallest absolute Gasteiger partial charge is 0.245 e. The van der Waals surface area contributed by atoms with Crippen LogP contribution in [0.25, 0.3) is 0 Å². The van der Waals surface area contributed by atoms with E-state index in [-0.39, 0.29) is 18.0 Å². The Labute approximate surface area is 207 Å². The standard InChI is InChI=1S/C26H33N5O2S/c1-19-15-23(28-26(34)27-19)25(32)31-13-14-33-24-8-7-20(16-21(24)18-31)17-29-9-11-30(12-10-29)22-5-3-2-4-6-22/h2-8,16,19,23H,9-15,17-18H2,1H3,(H2,27,28,34)/t19-,23+/m1/s1. The van der Waals surface area contributed by atoms with Crippen LogP contribution in [0.2, 0.25) is 0 Å². The summed E-state index contributed by atoms with van der Waals surface area (Å²) in [4.78, 5) is 20.1. The Morgan fingerprint density at radius 1 is 1.06 bits per heavy atom. The van der Waals surface area contributed by atoms with Crippen molar-refractivity contribution in [2.75, 3.05) is 44.2 Å². The fourth-order valence-corrected chi connectivity index (χ4v) is 5.42. The van der Waals surface area contributed by atoms with Gasteiger partial charge in [-0.25, -0.2) is 0 Å². The number of benzene rings is 2. The van der Waals surface area contributed by atoms with Gasteiger partial charge in [-0.2, -0.15) is 0 Å². The van der Waals surface area contributed by atoms with E-state index in [9.17, 15) is 4.79 Å². The number of nitrogens with zero attached hydrogens (tertiary/aromatic N) is 3. The van der Waals surface area contributed by atoms with Crippen LogP contribution < -0.4 is 20.3 Å². The van der Waals surface area contributed by atoms with Crippen LogP contribution in [-0.4, -0.2) is 72.2 Å². The van der Waals surface area contributed by atoms with Gasteiger partial charge in [0.05, 0.1) is 6.54 Å². The van der Waals surface area contributed by atoms with E-state index >= 15 is 0 Å². The molecule has 34 heavy (non-hydrogen) atoms. The zero-order valence-electron chi connectivity index (χ0n) is 19.7. The lowest BCUT2D eigenvalue weighted by molar-refractivity contribution is -0.134. The highest BCUT2D eigenvalue weighted by molar-refractivity contribution is 7.80. The second-order valence-corrected chi connectivity index (χ2v) is 9.86. The number of carbonyl (C=O) groups is 1. The quantitative estimate of drug-likeness (QED) is 0.653. The van der Waals surface area contributed by atoms with Crippen molar-refractivity contribution in [3.8, 4) is 5.75 Å². The maximum absolute atomic E-state index is 13.3. The highest BCUT2D eigenvalue weighted by Gasteiger charge is 2.31. The fraction of sp³-hybridized carbons (Fsp3) is 0.462. The lowest BCUT2D eigenvalue weighted by Crippen LogP contribution is -2.59. The molecule has 7 nitrogen and oxygen atoms in total. The zero-order valence-corrected chi connectivity index (χ0v) is 20.5. The number of piperazine rings is 1. The molecule has 0 unspecified atom stereocenters. The van der Waals surface area contributed by atoms with Gasteiger partial charge in [0.15, 0.2) is 5.11 Å². The van der Waals surface area contributed by atoms with Crippen LogP contribution in [0.15, 0.2) is 48.5 Å². The van der Waals surface area contributed by atoms with Gasteiger partial charge in [-0.05, 0) is 55.4 Å². The highest BCUT2D eigenvalue weighted by Crippen LogP contribution is 2.26. The monoisotopic (exact) mass is 479 g/mol. The molecule has 0 bridgehead atoms. The van der Waals surface area contributed by atoms with Gasteiger partial charge >= 0.3 is 0 Å². The highest BCUT2D eigenvalue weighted by atomic mass is 32.1. The first-order chi connectivity index (χ1) is 16.5. The SMILES string of the molecule is C[C@@H]1C[C@@H](C(=O)N2CCOc3ccc(CN4CCN(c5ccccc5)CC4)cc3C2)NC(=S)N1. The molecule has 2 aromatic carbocycles. The van der Waals surface area contributed by atoms with Gasteiger partial charge in [-0.3, -0.25) is 9.69 Å². The summed E-state index contributed by atoms with van der Waals surface area (Å²) in [7, 11) is 0. The molecule has 1 amide bonds. The summed E-state index contributed by atoms with van der Waals surface area (Å²) in [6.07, 6.45) is 0.720. The summed E-state index contributed by atoms with van der Waals surface area (Å²) < 4.78 is 5.99. The summed E-state index contributed by atoms with van der Waals surface area (Å²) >= 11 is 5.27. The molecule has 3 aliphatic rings. The number of hydrogen-bond donors (Lipinski definition) is 2. The number of anilines is 1. The number of fused-ring (bicyclic) bond motifs is 1. The van der Waals surface area contributed by atoms with Gasteiger partial charge in [-0.15, -0.1) is 0 Å². The number of ether oxygens (including phenoxy) is 1. The first-order valence-corrected chi connectivity index (χ1v) is 12.6. The maximum Gasteiger partial charge on any atom is 0.245 e. The number of hydrogen-bond acceptors (Lipinski definition) is 5. The minimum atomic E-state index is -0.283. The average molecular weight is 480 g/mol. The summed E-state index contributed by atoms with van der Waals surface area (Å²) in [5.74, 6) is 0.977. The minimum absolute atomic E-state index is 0.0922. The number of carbonyl (C=O) groups excluding carboxylic acids is 1. The molecule has 0 saturated carbocycles. The van der Waals surface area contributed by atoms with Crippen molar-refractivity contribution in [1.82, 2.24) is 20.4 Å². The van der Waals surface area contributed by atoms with Crippen LogP contribution in [-0.2, 0) is 17.9 Å². The first-order valence-electron chi connectivity index (χ1n) is 12.2.